The Kier molecular flexibility index (Phi) is 6.83. The van der Waals surface area contributed by atoms with Crippen LogP contribution >= 0.6 is 0 Å². The summed E-state index contributed by atoms with van der Waals surface area (Å²) in [5.74, 6) is 1.07. The largest absolute Gasteiger partial charge is 0.507 e. The van der Waals surface area contributed by atoms with E-state index in [4.69, 9.17) is 9.97 Å². The average Bonchev–Trinajstić information content (AvgIpc) is 3.28. The molecule has 2 aromatic heterocycles. The van der Waals surface area contributed by atoms with Gasteiger partial charge in [-0.25, -0.2) is 4.98 Å². The quantitative estimate of drug-likeness (QED) is 0.144. The van der Waals surface area contributed by atoms with Gasteiger partial charge in [0.05, 0.1) is 11.4 Å². The smallest absolute Gasteiger partial charge is 0.136 e. The van der Waals surface area contributed by atoms with Crippen molar-refractivity contribution in [1.82, 2.24) is 9.97 Å². The second-order valence-electron chi connectivity index (χ2n) is 11.6. The molecule has 0 bridgehead atoms. The van der Waals surface area contributed by atoms with Gasteiger partial charge in [0.2, 0.25) is 0 Å². The molecule has 7 aromatic rings. The number of phenolic OH excluding ortho intramolecular Hbond substituents is 1. The molecular formula is C39H28N3OPt-. The molecule has 0 amide bonds. The summed E-state index contributed by atoms with van der Waals surface area (Å²) in [6, 6.07) is 45.0. The third kappa shape index (κ3) is 4.32. The zero-order chi connectivity index (χ0) is 29.1. The number of nitrogens with zero attached hydrogens (tertiary/aromatic N) is 3. The van der Waals surface area contributed by atoms with E-state index >= 15 is 0 Å². The molecular weight excluding hydrogens is 722 g/mol. The summed E-state index contributed by atoms with van der Waals surface area (Å²) < 4.78 is 0. The predicted octanol–water partition coefficient (Wildman–Crippen LogP) is 9.73. The van der Waals surface area contributed by atoms with E-state index in [-0.39, 0.29) is 32.2 Å². The van der Waals surface area contributed by atoms with Crippen LogP contribution in [0.15, 0.2) is 128 Å². The van der Waals surface area contributed by atoms with Gasteiger partial charge in [0.25, 0.3) is 0 Å². The Morgan fingerprint density at radius 1 is 0.705 bits per heavy atom. The zero-order valence-corrected chi connectivity index (χ0v) is 26.5. The molecule has 1 aliphatic carbocycles. The molecule has 1 aliphatic rings. The number of hydrogen-bond donors (Lipinski definition) is 1. The van der Waals surface area contributed by atoms with Crippen LogP contribution in [0.3, 0.4) is 0 Å². The first-order valence-corrected chi connectivity index (χ1v) is 14.5. The minimum atomic E-state index is -0.244. The predicted molar refractivity (Wildman–Crippen MR) is 175 cm³/mol. The second-order valence-corrected chi connectivity index (χ2v) is 11.6. The van der Waals surface area contributed by atoms with Crippen molar-refractivity contribution in [2.75, 3.05) is 4.90 Å². The van der Waals surface area contributed by atoms with Crippen molar-refractivity contribution in [3.05, 3.63) is 145 Å². The van der Waals surface area contributed by atoms with Crippen molar-refractivity contribution in [1.29, 1.82) is 0 Å². The van der Waals surface area contributed by atoms with E-state index in [9.17, 15) is 5.11 Å². The van der Waals surface area contributed by atoms with Crippen molar-refractivity contribution >= 4 is 38.7 Å². The van der Waals surface area contributed by atoms with E-state index in [1.807, 2.05) is 36.5 Å². The van der Waals surface area contributed by atoms with E-state index in [2.05, 4.69) is 110 Å². The fraction of sp³-hybridized carbons (Fsp3) is 0.0769. The fourth-order valence-electron chi connectivity index (χ4n) is 6.57. The van der Waals surface area contributed by atoms with Crippen molar-refractivity contribution in [2.45, 2.75) is 19.3 Å². The number of pyridine rings is 2. The molecule has 0 aliphatic heterocycles. The number of hydrogen-bond acceptors (Lipinski definition) is 4. The van der Waals surface area contributed by atoms with Gasteiger partial charge in [0, 0.05) is 49.0 Å². The number of aromatic nitrogens is 2. The van der Waals surface area contributed by atoms with Crippen LogP contribution in [0.1, 0.15) is 25.0 Å². The van der Waals surface area contributed by atoms with Crippen LogP contribution in [-0.2, 0) is 26.5 Å². The summed E-state index contributed by atoms with van der Waals surface area (Å²) in [5.41, 5.74) is 7.20. The Morgan fingerprint density at radius 2 is 1.41 bits per heavy atom. The monoisotopic (exact) mass is 749 g/mol. The summed E-state index contributed by atoms with van der Waals surface area (Å²) in [7, 11) is 0. The topological polar surface area (TPSA) is 49.2 Å². The minimum absolute atomic E-state index is 0. The van der Waals surface area contributed by atoms with Gasteiger partial charge in [-0.15, -0.1) is 29.8 Å². The number of aromatic hydroxyl groups is 1. The molecule has 44 heavy (non-hydrogen) atoms. The Balaban J connectivity index is 0.00000312. The van der Waals surface area contributed by atoms with Gasteiger partial charge in [-0.2, -0.15) is 0 Å². The van der Waals surface area contributed by atoms with Crippen molar-refractivity contribution in [3.63, 3.8) is 0 Å². The Labute approximate surface area is 270 Å². The van der Waals surface area contributed by atoms with Gasteiger partial charge >= 0.3 is 0 Å². The molecule has 216 valence electrons. The molecule has 2 heterocycles. The molecule has 0 radical (unpaired) electrons. The van der Waals surface area contributed by atoms with Crippen LogP contribution in [-0.4, -0.2) is 15.1 Å². The molecule has 0 fully saturated rings. The van der Waals surface area contributed by atoms with Gasteiger partial charge in [0.15, 0.2) is 0 Å². The number of fused-ring (bicyclic) bond motifs is 5. The maximum atomic E-state index is 10.9. The van der Waals surface area contributed by atoms with Gasteiger partial charge < -0.3 is 10.0 Å². The second kappa shape index (κ2) is 10.7. The normalized spacial score (nSPS) is 12.9. The van der Waals surface area contributed by atoms with Gasteiger partial charge in [0.1, 0.15) is 11.6 Å². The van der Waals surface area contributed by atoms with Gasteiger partial charge in [-0.3, -0.25) is 4.98 Å². The maximum Gasteiger partial charge on any atom is 0.136 e. The van der Waals surface area contributed by atoms with Crippen LogP contribution in [0.2, 0.25) is 0 Å². The first kappa shape index (κ1) is 28.0. The average molecular weight is 750 g/mol. The van der Waals surface area contributed by atoms with E-state index in [1.165, 1.54) is 0 Å². The SMILES string of the molecule is CC1(C)c2ccc(-c3[c-]c(N(c4ccccn4)c4c5ccccc5cc5ccccc45)ccc3)nc2-c2c(O)cccc21.[Pt]. The van der Waals surface area contributed by atoms with Crippen molar-refractivity contribution in [3.8, 4) is 28.3 Å². The summed E-state index contributed by atoms with van der Waals surface area (Å²) in [4.78, 5) is 12.2. The van der Waals surface area contributed by atoms with Crippen molar-refractivity contribution in [2.24, 2.45) is 0 Å². The summed E-state index contributed by atoms with van der Waals surface area (Å²) in [5, 5.41) is 15.4. The van der Waals surface area contributed by atoms with Crippen LogP contribution in [0.5, 0.6) is 5.75 Å². The number of phenols is 1. The Bertz CT molecular complexity index is 2140. The minimum Gasteiger partial charge on any atom is -0.507 e. The van der Waals surface area contributed by atoms with Crippen molar-refractivity contribution < 1.29 is 26.2 Å². The van der Waals surface area contributed by atoms with E-state index in [0.29, 0.717) is 0 Å². The van der Waals surface area contributed by atoms with Gasteiger partial charge in [-0.1, -0.05) is 92.7 Å². The molecule has 5 aromatic carbocycles. The molecule has 5 heteroatoms. The molecule has 0 atom stereocenters. The van der Waals surface area contributed by atoms with Crippen LogP contribution in [0.25, 0.3) is 44.1 Å². The van der Waals surface area contributed by atoms with Crippen LogP contribution in [0, 0.1) is 6.07 Å². The third-order valence-electron chi connectivity index (χ3n) is 8.66. The van der Waals surface area contributed by atoms with E-state index in [1.54, 1.807) is 6.07 Å². The Hall–Kier alpha value is -4.79. The first-order valence-electron chi connectivity index (χ1n) is 14.5. The number of rotatable bonds is 4. The molecule has 0 saturated heterocycles. The molecule has 0 spiro atoms. The molecule has 0 unspecified atom stereocenters. The van der Waals surface area contributed by atoms with E-state index < -0.39 is 0 Å². The number of benzene rings is 5. The summed E-state index contributed by atoms with van der Waals surface area (Å²) >= 11 is 0. The Morgan fingerprint density at radius 3 is 2.14 bits per heavy atom. The number of anilines is 3. The third-order valence-corrected chi connectivity index (χ3v) is 8.66. The zero-order valence-electron chi connectivity index (χ0n) is 24.2. The molecule has 8 rings (SSSR count). The molecule has 4 nitrogen and oxygen atoms in total. The van der Waals surface area contributed by atoms with E-state index in [0.717, 1.165) is 72.4 Å². The molecule has 1 N–H and O–H groups in total. The van der Waals surface area contributed by atoms with Gasteiger partial charge in [-0.05, 0) is 57.5 Å². The van der Waals surface area contributed by atoms with Crippen LogP contribution < -0.4 is 4.90 Å². The first-order chi connectivity index (χ1) is 21.0. The fourth-order valence-corrected chi connectivity index (χ4v) is 6.57. The summed E-state index contributed by atoms with van der Waals surface area (Å²) in [6.07, 6.45) is 1.83. The summed E-state index contributed by atoms with van der Waals surface area (Å²) in [6.45, 7) is 4.37. The maximum absolute atomic E-state index is 10.9. The standard InChI is InChI=1S/C39H28N3O.Pt/c1-39(2)31-17-10-18-34(43)36(31)37-32(39)20-21-33(41-37)27-13-9-14-28(24-27)42(35-19-7-8-22-40-35)38-29-15-5-3-11-25(29)23-26-12-4-6-16-30(26)38;/h3-23,43H,1-2H3;/q-1;. The van der Waals surface area contributed by atoms with Crippen LogP contribution in [0.4, 0.5) is 17.2 Å². The molecule has 0 saturated carbocycles.